The fourth-order valence-corrected chi connectivity index (χ4v) is 0.820. The monoisotopic (exact) mass is 193 g/mol. The normalized spacial score (nSPS) is 10.3. The van der Waals surface area contributed by atoms with E-state index in [0.717, 1.165) is 0 Å². The Morgan fingerprint density at radius 1 is 1.43 bits per heavy atom. The van der Waals surface area contributed by atoms with Gasteiger partial charge in [-0.3, -0.25) is 10.1 Å². The lowest BCUT2D eigenvalue weighted by Gasteiger charge is -1.91. The Hall–Kier alpha value is -2.24. The summed E-state index contributed by atoms with van der Waals surface area (Å²) in [5, 5.41) is 10.3. The molecule has 1 aromatic rings. The van der Waals surface area contributed by atoms with Crippen LogP contribution < -0.4 is 5.73 Å². The van der Waals surface area contributed by atoms with Crippen molar-refractivity contribution in [2.24, 2.45) is 10.7 Å². The van der Waals surface area contributed by atoms with Crippen molar-refractivity contribution in [1.29, 1.82) is 0 Å². The minimum Gasteiger partial charge on any atom is -0.350 e. The number of nitrogens with zero attached hydrogens (tertiary/aromatic N) is 2. The number of non-ortho nitro benzene ring substituents is 1. The molecule has 2 amide bonds. The first-order valence-electron chi connectivity index (χ1n) is 3.67. The van der Waals surface area contributed by atoms with E-state index in [1.807, 2.05) is 0 Å². The van der Waals surface area contributed by atoms with Gasteiger partial charge in [-0.25, -0.2) is 9.79 Å². The number of rotatable bonds is 2. The van der Waals surface area contributed by atoms with Crippen LogP contribution in [0.3, 0.4) is 0 Å². The van der Waals surface area contributed by atoms with Crippen LogP contribution >= 0.6 is 0 Å². The number of hydrogen-bond donors (Lipinski definition) is 1. The molecule has 0 heterocycles. The zero-order valence-corrected chi connectivity index (χ0v) is 7.08. The predicted molar refractivity (Wildman–Crippen MR) is 50.3 cm³/mol. The van der Waals surface area contributed by atoms with Crippen LogP contribution in [0.4, 0.5) is 10.5 Å². The van der Waals surface area contributed by atoms with E-state index < -0.39 is 11.0 Å². The number of primary amides is 1. The lowest BCUT2D eigenvalue weighted by Crippen LogP contribution is -2.04. The average Bonchev–Trinajstić information content (AvgIpc) is 2.15. The summed E-state index contributed by atoms with van der Waals surface area (Å²) in [6.45, 7) is 0. The van der Waals surface area contributed by atoms with Crippen molar-refractivity contribution in [1.82, 2.24) is 0 Å². The summed E-state index contributed by atoms with van der Waals surface area (Å²) in [6.07, 6.45) is 1.24. The Bertz CT molecular complexity index is 383. The zero-order valence-electron chi connectivity index (χ0n) is 7.08. The molecule has 0 bridgehead atoms. The molecule has 14 heavy (non-hydrogen) atoms. The maximum absolute atomic E-state index is 10.3. The number of urea groups is 1. The van der Waals surface area contributed by atoms with Crippen LogP contribution in [0.25, 0.3) is 0 Å². The highest BCUT2D eigenvalue weighted by Gasteiger charge is 2.02. The van der Waals surface area contributed by atoms with Crippen molar-refractivity contribution >= 4 is 17.9 Å². The zero-order chi connectivity index (χ0) is 10.6. The molecule has 6 nitrogen and oxygen atoms in total. The van der Waals surface area contributed by atoms with E-state index in [1.165, 1.54) is 30.5 Å². The van der Waals surface area contributed by atoms with Gasteiger partial charge in [-0.05, 0) is 17.7 Å². The van der Waals surface area contributed by atoms with Gasteiger partial charge in [0.05, 0.1) is 4.92 Å². The molecule has 0 aliphatic rings. The van der Waals surface area contributed by atoms with Crippen LogP contribution in [0.1, 0.15) is 5.56 Å². The molecule has 0 aliphatic carbocycles. The molecule has 0 atom stereocenters. The Morgan fingerprint density at radius 2 is 2.00 bits per heavy atom. The first-order valence-corrected chi connectivity index (χ1v) is 3.67. The number of nitro benzene ring substituents is 1. The lowest BCUT2D eigenvalue weighted by atomic mass is 10.2. The van der Waals surface area contributed by atoms with E-state index in [0.29, 0.717) is 5.56 Å². The van der Waals surface area contributed by atoms with Crippen molar-refractivity contribution in [3.63, 3.8) is 0 Å². The van der Waals surface area contributed by atoms with Gasteiger partial charge in [-0.1, -0.05) is 0 Å². The van der Waals surface area contributed by atoms with Gasteiger partial charge in [-0.2, -0.15) is 0 Å². The molecular weight excluding hydrogens is 186 g/mol. The fourth-order valence-electron chi connectivity index (χ4n) is 0.820. The van der Waals surface area contributed by atoms with Crippen molar-refractivity contribution in [2.75, 3.05) is 0 Å². The number of carbonyl (C=O) groups is 1. The van der Waals surface area contributed by atoms with Crippen molar-refractivity contribution in [3.05, 3.63) is 39.9 Å². The number of nitrogens with two attached hydrogens (primary N) is 1. The van der Waals surface area contributed by atoms with Gasteiger partial charge >= 0.3 is 6.03 Å². The van der Waals surface area contributed by atoms with Gasteiger partial charge in [0.25, 0.3) is 5.69 Å². The molecule has 0 radical (unpaired) electrons. The van der Waals surface area contributed by atoms with Crippen LogP contribution in [-0.4, -0.2) is 17.2 Å². The molecule has 0 spiro atoms. The SMILES string of the molecule is NC(=O)/N=C/c1ccc([N+](=O)[O-])cc1. The largest absolute Gasteiger partial charge is 0.350 e. The summed E-state index contributed by atoms with van der Waals surface area (Å²) in [5.41, 5.74) is 5.34. The van der Waals surface area contributed by atoms with E-state index >= 15 is 0 Å². The second-order valence-corrected chi connectivity index (χ2v) is 2.45. The number of benzene rings is 1. The second kappa shape index (κ2) is 4.13. The number of hydrogen-bond acceptors (Lipinski definition) is 3. The number of nitro groups is 1. The Balaban J connectivity index is 2.83. The molecule has 1 aromatic carbocycles. The summed E-state index contributed by atoms with van der Waals surface area (Å²) >= 11 is 0. The minimum atomic E-state index is -0.802. The Labute approximate surface area is 79.2 Å². The molecule has 0 unspecified atom stereocenters. The first kappa shape index (κ1) is 9.85. The van der Waals surface area contributed by atoms with E-state index in [9.17, 15) is 14.9 Å². The summed E-state index contributed by atoms with van der Waals surface area (Å²) in [4.78, 5) is 23.3. The number of carbonyl (C=O) groups excluding carboxylic acids is 1. The number of aliphatic imine (C=N–C) groups is 1. The van der Waals surface area contributed by atoms with Crippen molar-refractivity contribution < 1.29 is 9.72 Å². The maximum Gasteiger partial charge on any atom is 0.338 e. The quantitative estimate of drug-likeness (QED) is 0.432. The van der Waals surface area contributed by atoms with E-state index in [-0.39, 0.29) is 5.69 Å². The first-order chi connectivity index (χ1) is 6.59. The van der Waals surface area contributed by atoms with Gasteiger partial charge in [0, 0.05) is 18.3 Å². The van der Waals surface area contributed by atoms with E-state index in [1.54, 1.807) is 0 Å². The van der Waals surface area contributed by atoms with Crippen LogP contribution in [0.5, 0.6) is 0 Å². The van der Waals surface area contributed by atoms with Crippen LogP contribution in [0.15, 0.2) is 29.3 Å². The topological polar surface area (TPSA) is 98.6 Å². The third-order valence-corrected chi connectivity index (χ3v) is 1.44. The summed E-state index contributed by atoms with van der Waals surface area (Å²) in [6, 6.07) is 4.79. The summed E-state index contributed by atoms with van der Waals surface area (Å²) < 4.78 is 0. The van der Waals surface area contributed by atoms with Gasteiger partial charge in [0.1, 0.15) is 0 Å². The third kappa shape index (κ3) is 2.67. The molecule has 6 heteroatoms. The molecule has 0 saturated carbocycles. The molecule has 2 N–H and O–H groups in total. The maximum atomic E-state index is 10.3. The highest BCUT2D eigenvalue weighted by molar-refractivity contribution is 5.90. The third-order valence-electron chi connectivity index (χ3n) is 1.44. The minimum absolute atomic E-state index is 0.0128. The highest BCUT2D eigenvalue weighted by Crippen LogP contribution is 2.10. The summed E-state index contributed by atoms with van der Waals surface area (Å²) in [5.74, 6) is 0. The van der Waals surface area contributed by atoms with E-state index in [2.05, 4.69) is 4.99 Å². The van der Waals surface area contributed by atoms with Crippen LogP contribution in [-0.2, 0) is 0 Å². The lowest BCUT2D eigenvalue weighted by molar-refractivity contribution is -0.384. The predicted octanol–water partition coefficient (Wildman–Crippen LogP) is 1.09. The smallest absolute Gasteiger partial charge is 0.338 e. The van der Waals surface area contributed by atoms with Gasteiger partial charge < -0.3 is 5.73 Å². The van der Waals surface area contributed by atoms with Crippen LogP contribution in [0, 0.1) is 10.1 Å². The van der Waals surface area contributed by atoms with Gasteiger partial charge in [0.15, 0.2) is 0 Å². The molecule has 0 fully saturated rings. The molecule has 0 aromatic heterocycles. The molecular formula is C8H7N3O3. The van der Waals surface area contributed by atoms with Crippen molar-refractivity contribution in [3.8, 4) is 0 Å². The summed E-state index contributed by atoms with van der Waals surface area (Å²) in [7, 11) is 0. The fraction of sp³-hybridized carbons (Fsp3) is 0. The molecule has 0 aliphatic heterocycles. The highest BCUT2D eigenvalue weighted by atomic mass is 16.6. The molecule has 1 rings (SSSR count). The van der Waals surface area contributed by atoms with E-state index in [4.69, 9.17) is 5.73 Å². The Morgan fingerprint density at radius 3 is 2.43 bits per heavy atom. The molecule has 0 saturated heterocycles. The molecule has 72 valence electrons. The van der Waals surface area contributed by atoms with Gasteiger partial charge in [0.2, 0.25) is 0 Å². The Kier molecular flexibility index (Phi) is 2.90. The van der Waals surface area contributed by atoms with Crippen molar-refractivity contribution in [2.45, 2.75) is 0 Å². The standard InChI is InChI=1S/C8H7N3O3/c9-8(12)10-5-6-1-3-7(4-2-6)11(13)14/h1-5H,(H2,9,12)/b10-5+. The number of amides is 2. The van der Waals surface area contributed by atoms with Crippen LogP contribution in [0.2, 0.25) is 0 Å². The van der Waals surface area contributed by atoms with Gasteiger partial charge in [-0.15, -0.1) is 0 Å². The average molecular weight is 193 g/mol. The second-order valence-electron chi connectivity index (χ2n) is 2.45.